The van der Waals surface area contributed by atoms with Crippen molar-refractivity contribution < 1.29 is 13.3 Å². The van der Waals surface area contributed by atoms with E-state index >= 15 is 0 Å². The lowest BCUT2D eigenvalue weighted by atomic mass is 10.3. The van der Waals surface area contributed by atoms with E-state index in [0.717, 1.165) is 22.7 Å². The van der Waals surface area contributed by atoms with Crippen LogP contribution < -0.4 is 10.5 Å². The molecule has 0 aliphatic carbocycles. The molecule has 0 aliphatic heterocycles. The number of sulfonamides is 1. The predicted octanol–water partition coefficient (Wildman–Crippen LogP) is 2.74. The molecule has 2 rings (SSSR count). The SMILES string of the molecule is Nc1cc(S(=O)(=O)Nc2ccc(Br)cc2)ccc1[N+](=O)[O-]. The van der Waals surface area contributed by atoms with Crippen LogP contribution in [0.25, 0.3) is 0 Å². The van der Waals surface area contributed by atoms with E-state index < -0.39 is 14.9 Å². The van der Waals surface area contributed by atoms with E-state index in [2.05, 4.69) is 20.7 Å². The number of hydrogen-bond donors (Lipinski definition) is 2. The molecule has 0 aromatic heterocycles. The number of benzene rings is 2. The van der Waals surface area contributed by atoms with Crippen LogP contribution in [0.2, 0.25) is 0 Å². The molecule has 0 amide bonds. The molecule has 0 saturated heterocycles. The van der Waals surface area contributed by atoms with Crippen LogP contribution in [0.5, 0.6) is 0 Å². The van der Waals surface area contributed by atoms with Gasteiger partial charge in [0.15, 0.2) is 0 Å². The number of nitrogens with zero attached hydrogens (tertiary/aromatic N) is 1. The van der Waals surface area contributed by atoms with Gasteiger partial charge in [0, 0.05) is 16.2 Å². The molecule has 0 bridgehead atoms. The molecule has 3 N–H and O–H groups in total. The highest BCUT2D eigenvalue weighted by Crippen LogP contribution is 2.26. The minimum absolute atomic E-state index is 0.145. The molecular formula is C12H10BrN3O4S. The quantitative estimate of drug-likeness (QED) is 0.486. The normalized spacial score (nSPS) is 11.1. The lowest BCUT2D eigenvalue weighted by molar-refractivity contribution is -0.383. The van der Waals surface area contributed by atoms with Gasteiger partial charge < -0.3 is 5.73 Å². The zero-order valence-electron chi connectivity index (χ0n) is 10.5. The van der Waals surface area contributed by atoms with Gasteiger partial charge in [-0.3, -0.25) is 14.8 Å². The molecule has 0 aliphatic rings. The highest BCUT2D eigenvalue weighted by Gasteiger charge is 2.19. The van der Waals surface area contributed by atoms with Crippen molar-refractivity contribution in [2.45, 2.75) is 4.90 Å². The summed E-state index contributed by atoms with van der Waals surface area (Å²) in [5, 5.41) is 10.7. The van der Waals surface area contributed by atoms with E-state index in [1.165, 1.54) is 0 Å². The van der Waals surface area contributed by atoms with Crippen LogP contribution in [-0.4, -0.2) is 13.3 Å². The Hall–Kier alpha value is -2.13. The van der Waals surface area contributed by atoms with E-state index in [1.807, 2.05) is 0 Å². The van der Waals surface area contributed by atoms with Gasteiger partial charge in [-0.1, -0.05) is 15.9 Å². The summed E-state index contributed by atoms with van der Waals surface area (Å²) in [7, 11) is -3.86. The molecule has 0 unspecified atom stereocenters. The maximum absolute atomic E-state index is 12.2. The molecule has 110 valence electrons. The van der Waals surface area contributed by atoms with Crippen LogP contribution in [0.15, 0.2) is 51.8 Å². The van der Waals surface area contributed by atoms with Crippen molar-refractivity contribution >= 4 is 43.0 Å². The average Bonchev–Trinajstić information content (AvgIpc) is 2.40. The topological polar surface area (TPSA) is 115 Å². The van der Waals surface area contributed by atoms with Gasteiger partial charge >= 0.3 is 0 Å². The molecule has 2 aromatic rings. The van der Waals surface area contributed by atoms with Crippen LogP contribution in [0, 0.1) is 10.1 Å². The fraction of sp³-hybridized carbons (Fsp3) is 0. The third kappa shape index (κ3) is 3.50. The van der Waals surface area contributed by atoms with E-state index in [1.54, 1.807) is 24.3 Å². The standard InChI is InChI=1S/C12H10BrN3O4S/c13-8-1-3-9(4-2-8)15-21(19,20)10-5-6-12(16(17)18)11(14)7-10/h1-7,15H,14H2. The molecule has 0 radical (unpaired) electrons. The average molecular weight is 372 g/mol. The first-order valence-corrected chi connectivity index (χ1v) is 7.89. The highest BCUT2D eigenvalue weighted by molar-refractivity contribution is 9.10. The molecule has 0 saturated carbocycles. The van der Waals surface area contributed by atoms with Gasteiger partial charge in [0.25, 0.3) is 15.7 Å². The Morgan fingerprint density at radius 3 is 2.29 bits per heavy atom. The monoisotopic (exact) mass is 371 g/mol. The van der Waals surface area contributed by atoms with Crippen LogP contribution in [0.4, 0.5) is 17.1 Å². The molecule has 0 spiro atoms. The van der Waals surface area contributed by atoms with Crippen molar-refractivity contribution in [2.75, 3.05) is 10.5 Å². The molecule has 9 heteroatoms. The summed E-state index contributed by atoms with van der Waals surface area (Å²) in [6.07, 6.45) is 0. The summed E-state index contributed by atoms with van der Waals surface area (Å²) in [4.78, 5) is 9.84. The van der Waals surface area contributed by atoms with E-state index in [4.69, 9.17) is 5.73 Å². The number of rotatable bonds is 4. The van der Waals surface area contributed by atoms with Crippen LogP contribution in [-0.2, 0) is 10.0 Å². The zero-order chi connectivity index (χ0) is 15.6. The number of nitro groups is 1. The third-order valence-electron chi connectivity index (χ3n) is 2.60. The van der Waals surface area contributed by atoms with Crippen LogP contribution >= 0.6 is 15.9 Å². The van der Waals surface area contributed by atoms with Gasteiger partial charge in [0.05, 0.1) is 9.82 Å². The Balaban J connectivity index is 2.33. The summed E-state index contributed by atoms with van der Waals surface area (Å²) in [5.74, 6) is 0. The number of nitrogens with one attached hydrogen (secondary N) is 1. The number of anilines is 2. The van der Waals surface area contributed by atoms with Gasteiger partial charge in [-0.05, 0) is 36.4 Å². The van der Waals surface area contributed by atoms with E-state index in [9.17, 15) is 18.5 Å². The van der Waals surface area contributed by atoms with Gasteiger partial charge in [-0.25, -0.2) is 8.42 Å². The van der Waals surface area contributed by atoms with Crippen molar-refractivity contribution in [3.05, 3.63) is 57.1 Å². The summed E-state index contributed by atoms with van der Waals surface area (Å²) in [6, 6.07) is 9.78. The summed E-state index contributed by atoms with van der Waals surface area (Å²) >= 11 is 3.24. The second kappa shape index (κ2) is 5.70. The van der Waals surface area contributed by atoms with Gasteiger partial charge in [0.1, 0.15) is 5.69 Å². The first-order chi connectivity index (χ1) is 9.79. The minimum atomic E-state index is -3.86. The highest BCUT2D eigenvalue weighted by atomic mass is 79.9. The van der Waals surface area contributed by atoms with Crippen LogP contribution in [0.1, 0.15) is 0 Å². The first kappa shape index (κ1) is 15.3. The lowest BCUT2D eigenvalue weighted by Gasteiger charge is -2.08. The maximum Gasteiger partial charge on any atom is 0.292 e. The molecule has 0 heterocycles. The zero-order valence-corrected chi connectivity index (χ0v) is 12.9. The Kier molecular flexibility index (Phi) is 4.14. The number of nitrogens with two attached hydrogens (primary N) is 1. The Labute approximate surface area is 129 Å². The van der Waals surface area contributed by atoms with Gasteiger partial charge in [0.2, 0.25) is 0 Å². The lowest BCUT2D eigenvalue weighted by Crippen LogP contribution is -2.13. The molecule has 0 fully saturated rings. The van der Waals surface area contributed by atoms with Crippen molar-refractivity contribution in [1.29, 1.82) is 0 Å². The summed E-state index contributed by atoms with van der Waals surface area (Å²) in [5.41, 5.74) is 5.32. The number of halogens is 1. The van der Waals surface area contributed by atoms with E-state index in [0.29, 0.717) is 5.69 Å². The second-order valence-electron chi connectivity index (χ2n) is 4.09. The third-order valence-corrected chi connectivity index (χ3v) is 4.51. The van der Waals surface area contributed by atoms with Gasteiger partial charge in [-0.2, -0.15) is 0 Å². The molecular weight excluding hydrogens is 362 g/mol. The number of nitrogen functional groups attached to an aromatic ring is 1. The molecule has 7 nitrogen and oxygen atoms in total. The smallest absolute Gasteiger partial charge is 0.292 e. The molecule has 21 heavy (non-hydrogen) atoms. The minimum Gasteiger partial charge on any atom is -0.393 e. The van der Waals surface area contributed by atoms with Crippen molar-refractivity contribution in [3.63, 3.8) is 0 Å². The number of hydrogen-bond acceptors (Lipinski definition) is 5. The fourth-order valence-corrected chi connectivity index (χ4v) is 2.96. The Bertz CT molecular complexity index is 791. The number of nitro benzene ring substituents is 1. The first-order valence-electron chi connectivity index (χ1n) is 5.62. The Morgan fingerprint density at radius 1 is 1.14 bits per heavy atom. The fourth-order valence-electron chi connectivity index (χ4n) is 1.60. The largest absolute Gasteiger partial charge is 0.393 e. The molecule has 2 aromatic carbocycles. The predicted molar refractivity (Wildman–Crippen MR) is 82.5 cm³/mol. The van der Waals surface area contributed by atoms with Crippen LogP contribution in [0.3, 0.4) is 0 Å². The summed E-state index contributed by atoms with van der Waals surface area (Å²) in [6.45, 7) is 0. The second-order valence-corrected chi connectivity index (χ2v) is 6.69. The van der Waals surface area contributed by atoms with Crippen molar-refractivity contribution in [3.8, 4) is 0 Å². The van der Waals surface area contributed by atoms with Crippen molar-refractivity contribution in [2.24, 2.45) is 0 Å². The Morgan fingerprint density at radius 2 is 1.76 bits per heavy atom. The summed E-state index contributed by atoms with van der Waals surface area (Å²) < 4.78 is 27.5. The molecule has 0 atom stereocenters. The van der Waals surface area contributed by atoms with Crippen molar-refractivity contribution in [1.82, 2.24) is 0 Å². The van der Waals surface area contributed by atoms with Gasteiger partial charge in [-0.15, -0.1) is 0 Å². The van der Waals surface area contributed by atoms with E-state index in [-0.39, 0.29) is 16.3 Å². The maximum atomic E-state index is 12.2.